The first-order valence-electron chi connectivity index (χ1n) is 12.9. The molecule has 6 heteroatoms. The Hall–Kier alpha value is -5.07. The second-order valence-electron chi connectivity index (χ2n) is 9.00. The fourth-order valence-corrected chi connectivity index (χ4v) is 5.21. The molecule has 0 N–H and O–H groups in total. The van der Waals surface area contributed by atoms with E-state index in [0.29, 0.717) is 17.1 Å². The lowest BCUT2D eigenvalue weighted by atomic mass is 10.0. The van der Waals surface area contributed by atoms with Crippen LogP contribution in [0.15, 0.2) is 140 Å². The van der Waals surface area contributed by atoms with Crippen molar-refractivity contribution in [1.29, 1.82) is 5.26 Å². The van der Waals surface area contributed by atoms with Crippen LogP contribution in [0.2, 0.25) is 0 Å². The molecule has 5 nitrogen and oxygen atoms in total. The highest BCUT2D eigenvalue weighted by atomic mass is 27.2. The number of hydrogen-bond acceptors (Lipinski definition) is 4. The molecule has 0 atom stereocenters. The molecule has 189 valence electrons. The van der Waals surface area contributed by atoms with Crippen LogP contribution in [0, 0.1) is 11.3 Å². The minimum atomic E-state index is -0.855. The summed E-state index contributed by atoms with van der Waals surface area (Å²) in [7, 11) is 0. The molecule has 6 rings (SSSR count). The molecule has 0 bridgehead atoms. The van der Waals surface area contributed by atoms with Gasteiger partial charge in [0.25, 0.3) is 0 Å². The third-order valence-corrected chi connectivity index (χ3v) is 7.18. The van der Waals surface area contributed by atoms with Crippen LogP contribution >= 0.6 is 0 Å². The Labute approximate surface area is 239 Å². The van der Waals surface area contributed by atoms with Crippen molar-refractivity contribution >= 4 is 15.9 Å². The van der Waals surface area contributed by atoms with Crippen LogP contribution in [0.1, 0.15) is 5.56 Å². The summed E-state index contributed by atoms with van der Waals surface area (Å²) in [6.07, 6.45) is 0. The lowest BCUT2D eigenvalue weighted by Gasteiger charge is -2.16. The maximum atomic E-state index is 9.05. The first-order valence-corrected chi connectivity index (χ1v) is 13.8. The molecule has 0 aliphatic rings. The SMILES string of the molecule is N#Cc1ccc([O][Al][O]c2ccccc2-c2nc(-c3ccccc3)c(-c3ccccc3)n2-c2ccccc2)cc1. The van der Waals surface area contributed by atoms with Crippen LogP contribution in [-0.4, -0.2) is 25.4 Å². The van der Waals surface area contributed by atoms with E-state index in [2.05, 4.69) is 47.0 Å². The van der Waals surface area contributed by atoms with Crippen LogP contribution < -0.4 is 7.58 Å². The molecule has 0 unspecified atom stereocenters. The minimum absolute atomic E-state index is 0.588. The Balaban J connectivity index is 1.47. The van der Waals surface area contributed by atoms with Gasteiger partial charge in [0.15, 0.2) is 0 Å². The highest BCUT2D eigenvalue weighted by Crippen LogP contribution is 2.40. The molecule has 0 saturated carbocycles. The van der Waals surface area contributed by atoms with Crippen molar-refractivity contribution in [2.24, 2.45) is 0 Å². The van der Waals surface area contributed by atoms with Crippen molar-refractivity contribution in [2.75, 3.05) is 0 Å². The third kappa shape index (κ3) is 5.26. The molecule has 0 aliphatic heterocycles. The van der Waals surface area contributed by atoms with Gasteiger partial charge < -0.3 is 7.58 Å². The van der Waals surface area contributed by atoms with Gasteiger partial charge >= 0.3 is 15.9 Å². The molecule has 0 amide bonds. The summed E-state index contributed by atoms with van der Waals surface area (Å²) in [4.78, 5) is 5.27. The van der Waals surface area contributed by atoms with Gasteiger partial charge in [-0.25, -0.2) is 4.98 Å². The molecule has 0 spiro atoms. The summed E-state index contributed by atoms with van der Waals surface area (Å²) >= 11 is -0.855. The maximum absolute atomic E-state index is 9.05. The van der Waals surface area contributed by atoms with Crippen LogP contribution in [0.3, 0.4) is 0 Å². The van der Waals surface area contributed by atoms with Crippen LogP contribution in [-0.2, 0) is 0 Å². The molecular formula is C34H23AlN3O2. The number of para-hydroxylation sites is 2. The topological polar surface area (TPSA) is 60.1 Å². The summed E-state index contributed by atoms with van der Waals surface area (Å²) in [6, 6.07) is 47.9. The molecule has 40 heavy (non-hydrogen) atoms. The standard InChI is InChI=1S/C27H20N2O.C7H5NO.Al/c30-24-19-11-10-18-23(24)27-28-25(20-12-4-1-5-13-20)26(21-14-6-2-7-15-21)29(27)22-16-8-3-9-17-22;8-5-6-1-3-7(9)4-2-6;/h1-19,30H;1-4,9H;/q;;+2/p-2. The molecule has 6 aromatic rings. The van der Waals surface area contributed by atoms with Crippen molar-refractivity contribution in [3.63, 3.8) is 0 Å². The summed E-state index contributed by atoms with van der Waals surface area (Å²) in [5.74, 6) is 2.12. The van der Waals surface area contributed by atoms with Gasteiger partial charge in [0.1, 0.15) is 5.82 Å². The van der Waals surface area contributed by atoms with Gasteiger partial charge in [0.2, 0.25) is 0 Å². The molecular weight excluding hydrogens is 509 g/mol. The van der Waals surface area contributed by atoms with E-state index in [-0.39, 0.29) is 0 Å². The summed E-state index contributed by atoms with van der Waals surface area (Å²) < 4.78 is 14.4. The normalized spacial score (nSPS) is 10.5. The predicted octanol–water partition coefficient (Wildman–Crippen LogP) is 7.74. The Bertz CT molecular complexity index is 1760. The van der Waals surface area contributed by atoms with Gasteiger partial charge in [-0.1, -0.05) is 91.0 Å². The smallest absolute Gasteiger partial charge is 0.616 e. The largest absolute Gasteiger partial charge is 0.881 e. The Morgan fingerprint density at radius 3 is 1.90 bits per heavy atom. The summed E-state index contributed by atoms with van der Waals surface area (Å²) in [6.45, 7) is 0. The number of rotatable bonds is 8. The molecule has 0 fully saturated rings. The van der Waals surface area contributed by atoms with E-state index in [0.717, 1.165) is 39.6 Å². The molecule has 5 aromatic carbocycles. The van der Waals surface area contributed by atoms with E-state index in [1.807, 2.05) is 78.9 Å². The summed E-state index contributed by atoms with van der Waals surface area (Å²) in [5.41, 5.74) is 6.45. The first kappa shape index (κ1) is 25.2. The van der Waals surface area contributed by atoms with Crippen molar-refractivity contribution < 1.29 is 7.58 Å². The second-order valence-corrected chi connectivity index (χ2v) is 9.66. The fraction of sp³-hybridized carbons (Fsp3) is 0. The quantitative estimate of drug-likeness (QED) is 0.188. The molecule has 0 aliphatic carbocycles. The zero-order chi connectivity index (χ0) is 27.1. The lowest BCUT2D eigenvalue weighted by molar-refractivity contribution is 0.459. The van der Waals surface area contributed by atoms with Gasteiger partial charge in [-0.15, -0.1) is 0 Å². The van der Waals surface area contributed by atoms with Gasteiger partial charge in [0.05, 0.1) is 40.1 Å². The number of benzene rings is 5. The summed E-state index contributed by atoms with van der Waals surface area (Å²) in [5, 5.41) is 9.05. The molecule has 0 saturated heterocycles. The average molecular weight is 533 g/mol. The molecule has 1 radical (unpaired) electrons. The van der Waals surface area contributed by atoms with Crippen LogP contribution in [0.25, 0.3) is 39.6 Å². The highest BCUT2D eigenvalue weighted by molar-refractivity contribution is 6.21. The van der Waals surface area contributed by atoms with Crippen LogP contribution in [0.4, 0.5) is 0 Å². The van der Waals surface area contributed by atoms with E-state index >= 15 is 0 Å². The van der Waals surface area contributed by atoms with Crippen LogP contribution in [0.5, 0.6) is 11.5 Å². The van der Waals surface area contributed by atoms with Crippen molar-refractivity contribution in [1.82, 2.24) is 9.55 Å². The molecule has 1 heterocycles. The third-order valence-electron chi connectivity index (χ3n) is 6.46. The van der Waals surface area contributed by atoms with E-state index in [4.69, 9.17) is 17.8 Å². The first-order chi connectivity index (χ1) is 19.8. The van der Waals surface area contributed by atoms with Crippen molar-refractivity contribution in [3.8, 4) is 57.2 Å². The Morgan fingerprint density at radius 1 is 0.625 bits per heavy atom. The molecule has 1 aromatic heterocycles. The minimum Gasteiger partial charge on any atom is -0.616 e. The lowest BCUT2D eigenvalue weighted by Crippen LogP contribution is -2.12. The van der Waals surface area contributed by atoms with E-state index in [1.54, 1.807) is 24.3 Å². The maximum Gasteiger partial charge on any atom is 0.881 e. The van der Waals surface area contributed by atoms with Gasteiger partial charge in [-0.05, 0) is 48.5 Å². The Kier molecular flexibility index (Phi) is 7.42. The van der Waals surface area contributed by atoms with Crippen molar-refractivity contribution in [2.45, 2.75) is 0 Å². The number of imidazole rings is 1. The number of hydrogen-bond donors (Lipinski definition) is 0. The Morgan fingerprint density at radius 2 is 1.23 bits per heavy atom. The van der Waals surface area contributed by atoms with Gasteiger partial charge in [-0.3, -0.25) is 4.57 Å². The highest BCUT2D eigenvalue weighted by Gasteiger charge is 2.24. The number of aromatic nitrogens is 2. The van der Waals surface area contributed by atoms with E-state index in [9.17, 15) is 0 Å². The fourth-order valence-electron chi connectivity index (χ4n) is 4.58. The number of nitrogens with zero attached hydrogens (tertiary/aromatic N) is 3. The predicted molar refractivity (Wildman–Crippen MR) is 158 cm³/mol. The number of nitriles is 1. The van der Waals surface area contributed by atoms with Gasteiger partial charge in [-0.2, -0.15) is 5.26 Å². The second kappa shape index (κ2) is 11.8. The van der Waals surface area contributed by atoms with Gasteiger partial charge in [0, 0.05) is 16.8 Å². The monoisotopic (exact) mass is 532 g/mol. The van der Waals surface area contributed by atoms with E-state index < -0.39 is 15.9 Å². The van der Waals surface area contributed by atoms with E-state index in [1.165, 1.54) is 0 Å². The zero-order valence-corrected chi connectivity index (χ0v) is 22.7. The average Bonchev–Trinajstić information content (AvgIpc) is 3.43. The van der Waals surface area contributed by atoms with Crippen molar-refractivity contribution in [3.05, 3.63) is 145 Å². The zero-order valence-electron chi connectivity index (χ0n) is 21.5.